The maximum atomic E-state index is 5.42. The van der Waals surface area contributed by atoms with Crippen LogP contribution in [0.15, 0.2) is 35.3 Å². The van der Waals surface area contributed by atoms with Crippen molar-refractivity contribution in [3.63, 3.8) is 0 Å². The Labute approximate surface area is 121 Å². The maximum Gasteiger partial charge on any atom is 0.205 e. The maximum absolute atomic E-state index is 5.42. The van der Waals surface area contributed by atoms with Crippen LogP contribution >= 0.6 is 0 Å². The Kier molecular flexibility index (Phi) is 5.38. The number of nitrogens with zero attached hydrogens (tertiary/aromatic N) is 2. The lowest BCUT2D eigenvalue weighted by Gasteiger charge is -2.37. The zero-order valence-electron chi connectivity index (χ0n) is 12.3. The normalized spacial score (nSPS) is 24.4. The number of nitrogens with one attached hydrogen (secondary N) is 2. The zero-order chi connectivity index (χ0) is 14.4. The average molecular weight is 275 g/mol. The van der Waals surface area contributed by atoms with Crippen LogP contribution in [0.25, 0.3) is 0 Å². The number of rotatable bonds is 3. The van der Waals surface area contributed by atoms with Crippen LogP contribution in [-0.2, 0) is 6.54 Å². The van der Waals surface area contributed by atoms with Gasteiger partial charge in [0.2, 0.25) is 5.96 Å². The molecule has 2 unspecified atom stereocenters. The molecule has 1 heterocycles. The molecule has 5 heteroatoms. The van der Waals surface area contributed by atoms with Gasteiger partial charge in [0.1, 0.15) is 0 Å². The molecule has 1 saturated heterocycles. The van der Waals surface area contributed by atoms with Crippen LogP contribution < -0.4 is 16.6 Å². The number of hydrogen-bond acceptors (Lipinski definition) is 3. The predicted molar refractivity (Wildman–Crippen MR) is 83.1 cm³/mol. The molecule has 0 bridgehead atoms. The second kappa shape index (κ2) is 7.26. The summed E-state index contributed by atoms with van der Waals surface area (Å²) in [6, 6.07) is 11.1. The minimum atomic E-state index is 0.428. The van der Waals surface area contributed by atoms with Crippen molar-refractivity contribution in [1.29, 1.82) is 0 Å². The van der Waals surface area contributed by atoms with Crippen molar-refractivity contribution in [2.45, 2.75) is 25.9 Å². The minimum absolute atomic E-state index is 0.428. The molecule has 1 aliphatic heterocycles. The Morgan fingerprint density at radius 3 is 2.75 bits per heavy atom. The third-order valence-corrected chi connectivity index (χ3v) is 3.92. The summed E-state index contributed by atoms with van der Waals surface area (Å²) in [6.45, 7) is 5.49. The Hall–Kier alpha value is -1.59. The molecule has 1 aliphatic rings. The van der Waals surface area contributed by atoms with Crippen LogP contribution in [0, 0.1) is 5.92 Å². The van der Waals surface area contributed by atoms with Gasteiger partial charge in [-0.05, 0) is 17.9 Å². The van der Waals surface area contributed by atoms with Gasteiger partial charge >= 0.3 is 0 Å². The van der Waals surface area contributed by atoms with Gasteiger partial charge in [-0.2, -0.15) is 0 Å². The summed E-state index contributed by atoms with van der Waals surface area (Å²) < 4.78 is 0. The van der Waals surface area contributed by atoms with Gasteiger partial charge in [-0.1, -0.05) is 37.3 Å². The highest BCUT2D eigenvalue weighted by Crippen LogP contribution is 2.18. The fraction of sp³-hybridized carbons (Fsp3) is 0.533. The lowest BCUT2D eigenvalue weighted by Crippen LogP contribution is -2.53. The Morgan fingerprint density at radius 1 is 1.40 bits per heavy atom. The zero-order valence-corrected chi connectivity index (χ0v) is 12.3. The largest absolute Gasteiger partial charge is 0.352 e. The van der Waals surface area contributed by atoms with Gasteiger partial charge in [0.15, 0.2) is 0 Å². The molecule has 1 fully saturated rings. The van der Waals surface area contributed by atoms with Gasteiger partial charge in [0.25, 0.3) is 0 Å². The van der Waals surface area contributed by atoms with E-state index in [1.54, 1.807) is 7.05 Å². The second-order valence-electron chi connectivity index (χ2n) is 5.45. The number of guanidine groups is 1. The van der Waals surface area contributed by atoms with E-state index >= 15 is 0 Å². The van der Waals surface area contributed by atoms with Crippen LogP contribution in [-0.4, -0.2) is 37.0 Å². The second-order valence-corrected chi connectivity index (χ2v) is 5.45. The summed E-state index contributed by atoms with van der Waals surface area (Å²) in [5.41, 5.74) is 3.98. The summed E-state index contributed by atoms with van der Waals surface area (Å²) >= 11 is 0. The van der Waals surface area contributed by atoms with Crippen LogP contribution in [0.3, 0.4) is 0 Å². The molecular formula is C15H25N5. The van der Waals surface area contributed by atoms with Gasteiger partial charge in [-0.3, -0.25) is 15.3 Å². The molecule has 0 spiro atoms. The first-order valence-electron chi connectivity index (χ1n) is 7.19. The smallest absolute Gasteiger partial charge is 0.205 e. The first-order valence-corrected chi connectivity index (χ1v) is 7.19. The molecule has 1 aromatic carbocycles. The highest BCUT2D eigenvalue weighted by Gasteiger charge is 2.26. The van der Waals surface area contributed by atoms with E-state index in [9.17, 15) is 0 Å². The van der Waals surface area contributed by atoms with Crippen molar-refractivity contribution in [3.05, 3.63) is 35.9 Å². The fourth-order valence-corrected chi connectivity index (χ4v) is 2.78. The number of benzene rings is 1. The van der Waals surface area contributed by atoms with Gasteiger partial charge in [0.05, 0.1) is 0 Å². The number of aliphatic imine (C=N–C) groups is 1. The van der Waals surface area contributed by atoms with Crippen molar-refractivity contribution in [3.8, 4) is 0 Å². The van der Waals surface area contributed by atoms with Crippen molar-refractivity contribution < 1.29 is 0 Å². The van der Waals surface area contributed by atoms with Gasteiger partial charge in [-0.25, -0.2) is 5.84 Å². The van der Waals surface area contributed by atoms with E-state index in [4.69, 9.17) is 5.84 Å². The van der Waals surface area contributed by atoms with Crippen molar-refractivity contribution in [2.75, 3.05) is 20.1 Å². The number of hydrazine groups is 1. The molecule has 110 valence electrons. The van der Waals surface area contributed by atoms with E-state index in [2.05, 4.69) is 57.9 Å². The van der Waals surface area contributed by atoms with E-state index < -0.39 is 0 Å². The molecule has 0 saturated carbocycles. The molecule has 20 heavy (non-hydrogen) atoms. The number of nitrogens with two attached hydrogens (primary N) is 1. The third-order valence-electron chi connectivity index (χ3n) is 3.92. The highest BCUT2D eigenvalue weighted by atomic mass is 15.3. The summed E-state index contributed by atoms with van der Waals surface area (Å²) in [5.74, 6) is 6.65. The van der Waals surface area contributed by atoms with Crippen molar-refractivity contribution in [1.82, 2.24) is 15.6 Å². The monoisotopic (exact) mass is 275 g/mol. The van der Waals surface area contributed by atoms with E-state index in [0.717, 1.165) is 26.1 Å². The van der Waals surface area contributed by atoms with E-state index in [0.29, 0.717) is 17.9 Å². The number of hydrogen-bond donors (Lipinski definition) is 3. The lowest BCUT2D eigenvalue weighted by molar-refractivity contribution is 0.149. The van der Waals surface area contributed by atoms with Gasteiger partial charge < -0.3 is 5.32 Å². The Morgan fingerprint density at radius 2 is 2.15 bits per heavy atom. The number of piperidine rings is 1. The lowest BCUT2D eigenvalue weighted by atomic mass is 9.93. The highest BCUT2D eigenvalue weighted by molar-refractivity contribution is 5.79. The van der Waals surface area contributed by atoms with E-state index in [-0.39, 0.29) is 0 Å². The minimum Gasteiger partial charge on any atom is -0.352 e. The molecule has 2 atom stereocenters. The van der Waals surface area contributed by atoms with Gasteiger partial charge in [-0.15, -0.1) is 0 Å². The van der Waals surface area contributed by atoms with Crippen LogP contribution in [0.1, 0.15) is 18.9 Å². The topological polar surface area (TPSA) is 65.7 Å². The van der Waals surface area contributed by atoms with Crippen LogP contribution in [0.5, 0.6) is 0 Å². The van der Waals surface area contributed by atoms with Crippen LogP contribution in [0.2, 0.25) is 0 Å². The summed E-state index contributed by atoms with van der Waals surface area (Å²) in [6.07, 6.45) is 1.11. The van der Waals surface area contributed by atoms with Gasteiger partial charge in [0, 0.05) is 32.7 Å². The standard InChI is InChI=1S/C15H25N5/c1-12-10-20(11-13-6-4-3-5-7-13)9-8-14(12)18-15(17-2)19-16/h3-7,12,14H,8-11,16H2,1-2H3,(H2,17,18,19). The molecule has 0 aliphatic carbocycles. The van der Waals surface area contributed by atoms with E-state index in [1.807, 2.05) is 0 Å². The van der Waals surface area contributed by atoms with Crippen molar-refractivity contribution >= 4 is 5.96 Å². The average Bonchev–Trinajstić information content (AvgIpc) is 2.48. The molecule has 0 aromatic heterocycles. The molecule has 1 aromatic rings. The predicted octanol–water partition coefficient (Wildman–Crippen LogP) is 0.936. The molecule has 4 N–H and O–H groups in total. The quantitative estimate of drug-likeness (QED) is 0.332. The molecule has 0 radical (unpaired) electrons. The molecular weight excluding hydrogens is 250 g/mol. The first-order chi connectivity index (χ1) is 9.72. The molecule has 2 rings (SSSR count). The first kappa shape index (κ1) is 14.8. The summed E-state index contributed by atoms with van der Waals surface area (Å²) in [5, 5.41) is 3.38. The Balaban J connectivity index is 1.86. The summed E-state index contributed by atoms with van der Waals surface area (Å²) in [7, 11) is 1.73. The fourth-order valence-electron chi connectivity index (χ4n) is 2.78. The molecule has 0 amide bonds. The van der Waals surface area contributed by atoms with Crippen molar-refractivity contribution in [2.24, 2.45) is 16.8 Å². The van der Waals surface area contributed by atoms with Crippen LogP contribution in [0.4, 0.5) is 0 Å². The third kappa shape index (κ3) is 3.95. The SMILES string of the molecule is CN=C(NN)NC1CCN(Cc2ccccc2)CC1C. The summed E-state index contributed by atoms with van der Waals surface area (Å²) in [4.78, 5) is 6.59. The number of likely N-dealkylation sites (tertiary alicyclic amines) is 1. The molecule has 5 nitrogen and oxygen atoms in total. The Bertz CT molecular complexity index is 431. The van der Waals surface area contributed by atoms with E-state index in [1.165, 1.54) is 5.56 Å².